The highest BCUT2D eigenvalue weighted by atomic mass is 79.9. The summed E-state index contributed by atoms with van der Waals surface area (Å²) in [5, 5.41) is 9.10. The molecular formula is C11H17BrN2S. The van der Waals surface area contributed by atoms with Crippen LogP contribution in [0.25, 0.3) is 0 Å². The molecule has 2 nitrogen and oxygen atoms in total. The maximum absolute atomic E-state index is 3.53. The van der Waals surface area contributed by atoms with Gasteiger partial charge in [0, 0.05) is 21.9 Å². The molecular weight excluding hydrogens is 272 g/mol. The van der Waals surface area contributed by atoms with Gasteiger partial charge >= 0.3 is 0 Å². The van der Waals surface area contributed by atoms with E-state index < -0.39 is 0 Å². The number of nitrogens with one attached hydrogen (secondary N) is 2. The van der Waals surface area contributed by atoms with E-state index in [9.17, 15) is 0 Å². The summed E-state index contributed by atoms with van der Waals surface area (Å²) in [5.41, 5.74) is 0. The molecule has 4 heteroatoms. The van der Waals surface area contributed by atoms with Crippen LogP contribution >= 0.6 is 27.3 Å². The molecule has 0 saturated heterocycles. The minimum atomic E-state index is 0.844. The van der Waals surface area contributed by atoms with Crippen molar-refractivity contribution >= 4 is 27.3 Å². The average molecular weight is 289 g/mol. The Labute approximate surface area is 104 Å². The van der Waals surface area contributed by atoms with Crippen LogP contribution in [0.1, 0.15) is 24.1 Å². The van der Waals surface area contributed by atoms with Gasteiger partial charge < -0.3 is 10.6 Å². The molecule has 1 saturated carbocycles. The van der Waals surface area contributed by atoms with Gasteiger partial charge in [-0.3, -0.25) is 0 Å². The van der Waals surface area contributed by atoms with E-state index in [1.165, 1.54) is 28.6 Å². The lowest BCUT2D eigenvalue weighted by molar-refractivity contribution is 0.595. The third-order valence-corrected chi connectivity index (χ3v) is 4.44. The fraction of sp³-hybridized carbons (Fsp3) is 0.636. The molecule has 1 heterocycles. The molecule has 0 amide bonds. The predicted octanol–water partition coefficient (Wildman–Crippen LogP) is 2.74. The van der Waals surface area contributed by atoms with Crippen LogP contribution in [-0.4, -0.2) is 19.1 Å². The minimum absolute atomic E-state index is 0.844. The average Bonchev–Trinajstić information content (AvgIpc) is 2.96. The van der Waals surface area contributed by atoms with E-state index in [2.05, 4.69) is 38.0 Å². The Morgan fingerprint density at radius 1 is 1.40 bits per heavy atom. The van der Waals surface area contributed by atoms with Crippen molar-refractivity contribution in [2.75, 3.05) is 13.1 Å². The predicted molar refractivity (Wildman–Crippen MR) is 69.4 cm³/mol. The van der Waals surface area contributed by atoms with Gasteiger partial charge in [0.2, 0.25) is 0 Å². The quantitative estimate of drug-likeness (QED) is 0.754. The zero-order valence-electron chi connectivity index (χ0n) is 8.76. The van der Waals surface area contributed by atoms with Gasteiger partial charge in [-0.2, -0.15) is 0 Å². The first-order valence-electron chi connectivity index (χ1n) is 5.52. The lowest BCUT2D eigenvalue weighted by atomic mass is 10.4. The molecule has 0 aromatic carbocycles. The largest absolute Gasteiger partial charge is 0.314 e. The SMILES string of the molecule is Brc1ccsc1CNCCCNC1CC1. The van der Waals surface area contributed by atoms with E-state index >= 15 is 0 Å². The van der Waals surface area contributed by atoms with Gasteiger partial charge in [0.25, 0.3) is 0 Å². The monoisotopic (exact) mass is 288 g/mol. The van der Waals surface area contributed by atoms with E-state index in [0.717, 1.165) is 25.7 Å². The Bertz CT molecular complexity index is 297. The molecule has 0 atom stereocenters. The van der Waals surface area contributed by atoms with Crippen LogP contribution in [-0.2, 0) is 6.54 Å². The van der Waals surface area contributed by atoms with E-state index in [1.54, 1.807) is 11.3 Å². The van der Waals surface area contributed by atoms with Crippen molar-refractivity contribution in [2.45, 2.75) is 31.8 Å². The van der Waals surface area contributed by atoms with Gasteiger partial charge in [0.05, 0.1) is 0 Å². The number of hydrogen-bond acceptors (Lipinski definition) is 3. The highest BCUT2D eigenvalue weighted by Gasteiger charge is 2.19. The molecule has 84 valence electrons. The van der Waals surface area contributed by atoms with Crippen LogP contribution in [0.3, 0.4) is 0 Å². The van der Waals surface area contributed by atoms with Gasteiger partial charge in [-0.05, 0) is 59.7 Å². The molecule has 1 aromatic rings. The Morgan fingerprint density at radius 3 is 2.93 bits per heavy atom. The van der Waals surface area contributed by atoms with Crippen molar-refractivity contribution in [3.05, 3.63) is 20.8 Å². The summed E-state index contributed by atoms with van der Waals surface area (Å²) in [7, 11) is 0. The van der Waals surface area contributed by atoms with Crippen LogP contribution < -0.4 is 10.6 Å². The van der Waals surface area contributed by atoms with Gasteiger partial charge in [0.1, 0.15) is 0 Å². The summed E-state index contributed by atoms with van der Waals surface area (Å²) >= 11 is 5.34. The molecule has 0 spiro atoms. The molecule has 0 bridgehead atoms. The Kier molecular flexibility index (Phi) is 4.62. The molecule has 15 heavy (non-hydrogen) atoms. The molecule has 2 rings (SSSR count). The van der Waals surface area contributed by atoms with Crippen LogP contribution in [0, 0.1) is 0 Å². The summed E-state index contributed by atoms with van der Waals surface area (Å²) in [6, 6.07) is 2.95. The second-order valence-corrected chi connectivity index (χ2v) is 5.81. The fourth-order valence-corrected chi connectivity index (χ4v) is 2.92. The van der Waals surface area contributed by atoms with Crippen molar-refractivity contribution in [3.63, 3.8) is 0 Å². The van der Waals surface area contributed by atoms with Crippen LogP contribution in [0.5, 0.6) is 0 Å². The Hall–Kier alpha value is 0.1000. The molecule has 0 radical (unpaired) electrons. The molecule has 0 unspecified atom stereocenters. The lowest BCUT2D eigenvalue weighted by Crippen LogP contribution is -2.22. The second kappa shape index (κ2) is 5.99. The number of thiophene rings is 1. The van der Waals surface area contributed by atoms with Crippen LogP contribution in [0.4, 0.5) is 0 Å². The zero-order chi connectivity index (χ0) is 10.5. The van der Waals surface area contributed by atoms with Crippen molar-refractivity contribution < 1.29 is 0 Å². The van der Waals surface area contributed by atoms with Gasteiger partial charge in [-0.15, -0.1) is 11.3 Å². The second-order valence-electron chi connectivity index (χ2n) is 3.95. The first-order valence-corrected chi connectivity index (χ1v) is 7.19. The Morgan fingerprint density at radius 2 is 2.27 bits per heavy atom. The molecule has 2 N–H and O–H groups in total. The molecule has 1 aliphatic rings. The van der Waals surface area contributed by atoms with E-state index in [0.29, 0.717) is 0 Å². The highest BCUT2D eigenvalue weighted by Crippen LogP contribution is 2.22. The van der Waals surface area contributed by atoms with Crippen molar-refractivity contribution in [3.8, 4) is 0 Å². The van der Waals surface area contributed by atoms with Crippen molar-refractivity contribution in [1.82, 2.24) is 10.6 Å². The van der Waals surface area contributed by atoms with Crippen molar-refractivity contribution in [2.24, 2.45) is 0 Å². The van der Waals surface area contributed by atoms with Crippen LogP contribution in [0.2, 0.25) is 0 Å². The van der Waals surface area contributed by atoms with Gasteiger partial charge in [-0.1, -0.05) is 0 Å². The van der Waals surface area contributed by atoms with Gasteiger partial charge in [-0.25, -0.2) is 0 Å². The molecule has 1 fully saturated rings. The topological polar surface area (TPSA) is 24.1 Å². The van der Waals surface area contributed by atoms with E-state index in [1.807, 2.05) is 0 Å². The maximum Gasteiger partial charge on any atom is 0.0327 e. The third kappa shape index (κ3) is 4.23. The number of halogens is 1. The first-order chi connectivity index (χ1) is 7.36. The van der Waals surface area contributed by atoms with E-state index in [4.69, 9.17) is 0 Å². The van der Waals surface area contributed by atoms with Gasteiger partial charge in [0.15, 0.2) is 0 Å². The summed E-state index contributed by atoms with van der Waals surface area (Å²) in [5.74, 6) is 0. The highest BCUT2D eigenvalue weighted by molar-refractivity contribution is 9.10. The Balaban J connectivity index is 1.49. The normalized spacial score (nSPS) is 15.8. The molecule has 0 aliphatic heterocycles. The number of hydrogen-bond donors (Lipinski definition) is 2. The summed E-state index contributed by atoms with van der Waals surface area (Å²) in [6.07, 6.45) is 3.99. The standard InChI is InChI=1S/C11H17BrN2S/c12-10-4-7-15-11(10)8-13-5-1-6-14-9-2-3-9/h4,7,9,13-14H,1-3,5-6,8H2. The maximum atomic E-state index is 3.53. The zero-order valence-corrected chi connectivity index (χ0v) is 11.2. The lowest BCUT2D eigenvalue weighted by Gasteiger charge is -2.04. The minimum Gasteiger partial charge on any atom is -0.314 e. The third-order valence-electron chi connectivity index (χ3n) is 2.52. The summed E-state index contributed by atoms with van der Waals surface area (Å²) in [4.78, 5) is 1.39. The summed E-state index contributed by atoms with van der Waals surface area (Å²) in [6.45, 7) is 3.25. The number of rotatable bonds is 7. The molecule has 1 aliphatic carbocycles. The first kappa shape index (κ1) is 11.6. The molecule has 1 aromatic heterocycles. The van der Waals surface area contributed by atoms with E-state index in [-0.39, 0.29) is 0 Å². The van der Waals surface area contributed by atoms with Crippen molar-refractivity contribution in [1.29, 1.82) is 0 Å². The summed E-state index contributed by atoms with van der Waals surface area (Å²) < 4.78 is 1.23. The fourth-order valence-electron chi connectivity index (χ4n) is 1.46. The van der Waals surface area contributed by atoms with Crippen LogP contribution in [0.15, 0.2) is 15.9 Å². The smallest absolute Gasteiger partial charge is 0.0327 e.